The fraction of sp³-hybridized carbons (Fsp3) is 0.143. The van der Waals surface area contributed by atoms with Crippen molar-refractivity contribution in [2.45, 2.75) is 0 Å². The van der Waals surface area contributed by atoms with Crippen LogP contribution in [0.3, 0.4) is 0 Å². The fourth-order valence-electron chi connectivity index (χ4n) is 0.716. The number of ether oxygens (including phenoxy) is 1. The van der Waals surface area contributed by atoms with E-state index in [9.17, 15) is 0 Å². The van der Waals surface area contributed by atoms with Crippen molar-refractivity contribution in [2.75, 3.05) is 7.11 Å². The van der Waals surface area contributed by atoms with Crippen molar-refractivity contribution in [1.29, 1.82) is 0 Å². The second kappa shape index (κ2) is 4.82. The lowest BCUT2D eigenvalue weighted by molar-refractivity contribution is 0.306. The summed E-state index contributed by atoms with van der Waals surface area (Å²) < 4.78 is 4.93. The van der Waals surface area contributed by atoms with Crippen LogP contribution < -0.4 is 15.5 Å². The van der Waals surface area contributed by atoms with E-state index in [2.05, 4.69) is 4.84 Å². The van der Waals surface area contributed by atoms with Crippen LogP contribution >= 0.6 is 12.4 Å². The van der Waals surface area contributed by atoms with Crippen LogP contribution in [0.25, 0.3) is 0 Å². The Hall–Kier alpha value is -0.930. The molecule has 0 aliphatic carbocycles. The number of rotatable bonds is 2. The number of hydrogen-bond acceptors (Lipinski definition) is 3. The maximum absolute atomic E-state index is 4.95. The van der Waals surface area contributed by atoms with Crippen LogP contribution in [-0.2, 0) is 0 Å². The van der Waals surface area contributed by atoms with Gasteiger partial charge in [0.1, 0.15) is 0 Å². The highest BCUT2D eigenvalue weighted by molar-refractivity contribution is 5.85. The summed E-state index contributed by atoms with van der Waals surface area (Å²) in [5.74, 6) is 6.14. The third-order valence-corrected chi connectivity index (χ3v) is 1.20. The smallest absolute Gasteiger partial charge is 0.188 e. The van der Waals surface area contributed by atoms with E-state index in [1.165, 1.54) is 0 Å². The molecular weight excluding hydrogens is 166 g/mol. The normalized spacial score (nSPS) is 8.18. The summed E-state index contributed by atoms with van der Waals surface area (Å²) in [5.41, 5.74) is 0. The lowest BCUT2D eigenvalue weighted by Crippen LogP contribution is -2.02. The average Bonchev–Trinajstić information content (AvgIpc) is 2.04. The zero-order chi connectivity index (χ0) is 7.40. The van der Waals surface area contributed by atoms with Gasteiger partial charge in [0.05, 0.1) is 7.11 Å². The van der Waals surface area contributed by atoms with E-state index in [-0.39, 0.29) is 12.4 Å². The van der Waals surface area contributed by atoms with Crippen LogP contribution in [0, 0.1) is 0 Å². The lowest BCUT2D eigenvalue weighted by atomic mass is 10.3. The summed E-state index contributed by atoms with van der Waals surface area (Å²) >= 11 is 0. The minimum absolute atomic E-state index is 0. The first-order chi connectivity index (χ1) is 4.88. The predicted molar refractivity (Wildman–Crippen MR) is 45.1 cm³/mol. The minimum atomic E-state index is 0. The van der Waals surface area contributed by atoms with Gasteiger partial charge in [0.15, 0.2) is 11.5 Å². The Balaban J connectivity index is 0.000001000. The molecule has 0 bridgehead atoms. The molecule has 1 rings (SSSR count). The van der Waals surface area contributed by atoms with Gasteiger partial charge in [0.25, 0.3) is 0 Å². The highest BCUT2D eigenvalue weighted by atomic mass is 35.5. The van der Waals surface area contributed by atoms with Crippen molar-refractivity contribution < 1.29 is 9.57 Å². The molecule has 11 heavy (non-hydrogen) atoms. The maximum atomic E-state index is 4.95. The van der Waals surface area contributed by atoms with Gasteiger partial charge in [-0.15, -0.1) is 12.4 Å². The van der Waals surface area contributed by atoms with Crippen LogP contribution in [0.2, 0.25) is 0 Å². The van der Waals surface area contributed by atoms with Gasteiger partial charge >= 0.3 is 0 Å². The van der Waals surface area contributed by atoms with Crippen LogP contribution in [0.15, 0.2) is 24.3 Å². The molecule has 0 saturated carbocycles. The second-order valence-corrected chi connectivity index (χ2v) is 1.77. The molecule has 0 heterocycles. The molecule has 0 unspecified atom stereocenters. The van der Waals surface area contributed by atoms with Crippen LogP contribution in [-0.4, -0.2) is 7.11 Å². The van der Waals surface area contributed by atoms with Crippen LogP contribution in [0.1, 0.15) is 0 Å². The molecule has 0 amide bonds. The van der Waals surface area contributed by atoms with Gasteiger partial charge in [0.2, 0.25) is 0 Å². The molecule has 0 aromatic heterocycles. The largest absolute Gasteiger partial charge is 0.493 e. The van der Waals surface area contributed by atoms with E-state index in [4.69, 9.17) is 10.6 Å². The Morgan fingerprint density at radius 2 is 1.73 bits per heavy atom. The number of halogens is 1. The van der Waals surface area contributed by atoms with Crippen molar-refractivity contribution in [1.82, 2.24) is 0 Å². The third-order valence-electron chi connectivity index (χ3n) is 1.20. The summed E-state index contributed by atoms with van der Waals surface area (Å²) in [7, 11) is 1.57. The van der Waals surface area contributed by atoms with Gasteiger partial charge < -0.3 is 9.57 Å². The Labute approximate surface area is 71.5 Å². The van der Waals surface area contributed by atoms with E-state index in [0.717, 1.165) is 0 Å². The van der Waals surface area contributed by atoms with Gasteiger partial charge in [-0.05, 0) is 12.1 Å². The van der Waals surface area contributed by atoms with Crippen LogP contribution in [0.5, 0.6) is 11.5 Å². The van der Waals surface area contributed by atoms with Gasteiger partial charge in [-0.2, -0.15) is 5.90 Å². The first-order valence-electron chi connectivity index (χ1n) is 2.88. The highest BCUT2D eigenvalue weighted by Crippen LogP contribution is 2.23. The standard InChI is InChI=1S/C7H9NO2.ClH/c1-9-6-4-2-3-5-7(6)10-8;/h2-5H,8H2,1H3;1H. The zero-order valence-corrected chi connectivity index (χ0v) is 6.93. The second-order valence-electron chi connectivity index (χ2n) is 1.77. The van der Waals surface area contributed by atoms with Gasteiger partial charge in [-0.1, -0.05) is 12.1 Å². The number of nitrogens with two attached hydrogens (primary N) is 1. The van der Waals surface area contributed by atoms with Crippen molar-refractivity contribution >= 4 is 12.4 Å². The average molecular weight is 176 g/mol. The monoisotopic (exact) mass is 175 g/mol. The quantitative estimate of drug-likeness (QED) is 0.691. The number of hydrogen-bond donors (Lipinski definition) is 1. The van der Waals surface area contributed by atoms with Crippen molar-refractivity contribution in [2.24, 2.45) is 5.90 Å². The Morgan fingerprint density at radius 1 is 1.18 bits per heavy atom. The number of methoxy groups -OCH3 is 1. The van der Waals surface area contributed by atoms with E-state index in [1.807, 2.05) is 12.1 Å². The molecule has 3 nitrogen and oxygen atoms in total. The molecule has 0 saturated heterocycles. The molecule has 4 heteroatoms. The van der Waals surface area contributed by atoms with Gasteiger partial charge in [0, 0.05) is 0 Å². The Morgan fingerprint density at radius 3 is 2.09 bits per heavy atom. The lowest BCUT2D eigenvalue weighted by Gasteiger charge is -2.03. The van der Waals surface area contributed by atoms with Gasteiger partial charge in [-0.3, -0.25) is 0 Å². The molecule has 1 aromatic rings. The first kappa shape index (κ1) is 10.1. The van der Waals surface area contributed by atoms with Crippen molar-refractivity contribution in [3.63, 3.8) is 0 Å². The summed E-state index contributed by atoms with van der Waals surface area (Å²) in [6.45, 7) is 0. The molecule has 0 aliphatic rings. The summed E-state index contributed by atoms with van der Waals surface area (Å²) in [5, 5.41) is 0. The Kier molecular flexibility index (Phi) is 4.41. The molecule has 0 atom stereocenters. The fourth-order valence-corrected chi connectivity index (χ4v) is 0.716. The molecule has 2 N–H and O–H groups in total. The maximum Gasteiger partial charge on any atom is 0.188 e. The van der Waals surface area contributed by atoms with Crippen molar-refractivity contribution in [3.8, 4) is 11.5 Å². The summed E-state index contributed by atoms with van der Waals surface area (Å²) in [6.07, 6.45) is 0. The van der Waals surface area contributed by atoms with Gasteiger partial charge in [-0.25, -0.2) is 0 Å². The summed E-state index contributed by atoms with van der Waals surface area (Å²) in [4.78, 5) is 4.51. The van der Waals surface area contributed by atoms with E-state index < -0.39 is 0 Å². The van der Waals surface area contributed by atoms with Crippen LogP contribution in [0.4, 0.5) is 0 Å². The molecule has 0 fully saturated rings. The molecule has 1 aromatic carbocycles. The molecule has 62 valence electrons. The minimum Gasteiger partial charge on any atom is -0.493 e. The molecule has 0 aliphatic heterocycles. The SMILES string of the molecule is COc1ccccc1ON.Cl. The first-order valence-corrected chi connectivity index (χ1v) is 2.88. The van der Waals surface area contributed by atoms with Crippen molar-refractivity contribution in [3.05, 3.63) is 24.3 Å². The predicted octanol–water partition coefficient (Wildman–Crippen LogP) is 1.37. The topological polar surface area (TPSA) is 44.5 Å². The molecule has 0 radical (unpaired) electrons. The highest BCUT2D eigenvalue weighted by Gasteiger charge is 1.98. The number of para-hydroxylation sites is 2. The zero-order valence-electron chi connectivity index (χ0n) is 6.11. The molecule has 0 spiro atoms. The van der Waals surface area contributed by atoms with E-state index >= 15 is 0 Å². The number of benzene rings is 1. The van der Waals surface area contributed by atoms with E-state index in [0.29, 0.717) is 11.5 Å². The summed E-state index contributed by atoms with van der Waals surface area (Å²) in [6, 6.07) is 7.19. The Bertz CT molecular complexity index is 194. The third kappa shape index (κ3) is 2.29. The van der Waals surface area contributed by atoms with E-state index in [1.54, 1.807) is 19.2 Å². The molecular formula is C7H10ClNO2.